The van der Waals surface area contributed by atoms with Crippen molar-refractivity contribution in [3.63, 3.8) is 0 Å². The quantitative estimate of drug-likeness (QED) is 0.330. The van der Waals surface area contributed by atoms with Crippen LogP contribution in [0.15, 0.2) is 65.1 Å². The summed E-state index contributed by atoms with van der Waals surface area (Å²) in [5, 5.41) is 0. The normalized spacial score (nSPS) is 11.0. The fourth-order valence-corrected chi connectivity index (χ4v) is 2.49. The molecule has 1 aromatic heterocycles. The zero-order valence-electron chi connectivity index (χ0n) is 14.9. The van der Waals surface area contributed by atoms with E-state index in [2.05, 4.69) is 0 Å². The van der Waals surface area contributed by atoms with Gasteiger partial charge in [-0.1, -0.05) is 12.1 Å². The number of halogens is 2. The van der Waals surface area contributed by atoms with Crippen molar-refractivity contribution in [3.8, 4) is 11.3 Å². The number of benzene rings is 2. The number of furan rings is 1. The van der Waals surface area contributed by atoms with E-state index in [0.29, 0.717) is 23.7 Å². The van der Waals surface area contributed by atoms with Gasteiger partial charge in [-0.25, -0.2) is 13.6 Å². The molecule has 0 unspecified atom stereocenters. The molecule has 0 aliphatic heterocycles. The van der Waals surface area contributed by atoms with Gasteiger partial charge in [-0.2, -0.15) is 0 Å². The van der Waals surface area contributed by atoms with Gasteiger partial charge in [0.2, 0.25) is 0 Å². The second-order valence-corrected chi connectivity index (χ2v) is 5.83. The molecule has 28 heavy (non-hydrogen) atoms. The van der Waals surface area contributed by atoms with Gasteiger partial charge in [0.1, 0.15) is 11.5 Å². The Morgan fingerprint density at radius 2 is 1.68 bits per heavy atom. The van der Waals surface area contributed by atoms with Gasteiger partial charge < -0.3 is 9.15 Å². The summed E-state index contributed by atoms with van der Waals surface area (Å²) in [5.74, 6) is -1.99. The van der Waals surface area contributed by atoms with Crippen LogP contribution < -0.4 is 0 Å². The van der Waals surface area contributed by atoms with Crippen molar-refractivity contribution in [1.82, 2.24) is 0 Å². The van der Waals surface area contributed by atoms with E-state index in [1.54, 1.807) is 43.3 Å². The lowest BCUT2D eigenvalue weighted by Crippen LogP contribution is -2.03. The number of rotatable bonds is 6. The van der Waals surface area contributed by atoms with E-state index in [4.69, 9.17) is 9.15 Å². The average Bonchev–Trinajstić information content (AvgIpc) is 3.17. The second kappa shape index (κ2) is 8.43. The molecule has 0 N–H and O–H groups in total. The highest BCUT2D eigenvalue weighted by Crippen LogP contribution is 2.23. The predicted octanol–water partition coefficient (Wildman–Crippen LogP) is 5.30. The van der Waals surface area contributed by atoms with E-state index in [1.165, 1.54) is 18.2 Å². The van der Waals surface area contributed by atoms with Crippen molar-refractivity contribution in [2.75, 3.05) is 6.61 Å². The minimum Gasteiger partial charge on any atom is -0.462 e. The van der Waals surface area contributed by atoms with E-state index in [9.17, 15) is 18.4 Å². The fraction of sp³-hybridized carbons (Fsp3) is 0.0909. The van der Waals surface area contributed by atoms with Crippen molar-refractivity contribution < 1.29 is 27.5 Å². The molecule has 0 radical (unpaired) electrons. The highest BCUT2D eigenvalue weighted by Gasteiger charge is 2.10. The maximum Gasteiger partial charge on any atom is 0.338 e. The number of allylic oxidation sites excluding steroid dienone is 1. The first-order valence-electron chi connectivity index (χ1n) is 8.53. The van der Waals surface area contributed by atoms with Crippen molar-refractivity contribution in [3.05, 3.63) is 89.2 Å². The molecule has 3 rings (SSSR count). The van der Waals surface area contributed by atoms with Crippen LogP contribution in [0.2, 0.25) is 0 Å². The minimum atomic E-state index is -1.08. The van der Waals surface area contributed by atoms with Crippen LogP contribution in [0.5, 0.6) is 0 Å². The van der Waals surface area contributed by atoms with Crippen LogP contribution in [0.25, 0.3) is 17.4 Å². The number of carbonyl (C=O) groups excluding carboxylic acids is 2. The molecular weight excluding hydrogens is 366 g/mol. The molecule has 142 valence electrons. The van der Waals surface area contributed by atoms with E-state index >= 15 is 0 Å². The van der Waals surface area contributed by atoms with Gasteiger partial charge >= 0.3 is 5.97 Å². The summed E-state index contributed by atoms with van der Waals surface area (Å²) in [6.07, 6.45) is 2.67. The molecule has 0 amide bonds. The van der Waals surface area contributed by atoms with Crippen LogP contribution in [-0.4, -0.2) is 18.4 Å². The molecule has 1 heterocycles. The monoisotopic (exact) mass is 382 g/mol. The minimum absolute atomic E-state index is 0.0384. The third-order valence-corrected chi connectivity index (χ3v) is 3.91. The summed E-state index contributed by atoms with van der Waals surface area (Å²) < 4.78 is 36.7. The molecule has 0 aliphatic carbocycles. The largest absolute Gasteiger partial charge is 0.462 e. The molecule has 0 aliphatic rings. The van der Waals surface area contributed by atoms with Crippen LogP contribution in [0.4, 0.5) is 8.78 Å². The van der Waals surface area contributed by atoms with Crippen molar-refractivity contribution in [1.29, 1.82) is 0 Å². The van der Waals surface area contributed by atoms with E-state index in [0.717, 1.165) is 17.7 Å². The topological polar surface area (TPSA) is 56.5 Å². The van der Waals surface area contributed by atoms with Crippen molar-refractivity contribution >= 4 is 17.8 Å². The lowest BCUT2D eigenvalue weighted by Gasteiger charge is -2.02. The first-order chi connectivity index (χ1) is 13.5. The van der Waals surface area contributed by atoms with Gasteiger partial charge in [0, 0.05) is 11.1 Å². The van der Waals surface area contributed by atoms with E-state index in [-0.39, 0.29) is 5.56 Å². The maximum atomic E-state index is 13.2. The standard InChI is InChI=1S/C22H16F2O4/c1-2-27-22(26)15-5-3-14(4-6-15)21-12-9-17(28-21)8-11-20(25)16-7-10-18(23)19(24)13-16/h3-13H,2H2,1H3. The number of esters is 1. The Kier molecular flexibility index (Phi) is 5.79. The van der Waals surface area contributed by atoms with Crippen LogP contribution in [-0.2, 0) is 4.74 Å². The Labute approximate surface area is 160 Å². The number of ether oxygens (including phenoxy) is 1. The predicted molar refractivity (Wildman–Crippen MR) is 99.8 cm³/mol. The van der Waals surface area contributed by atoms with Crippen molar-refractivity contribution in [2.45, 2.75) is 6.92 Å². The smallest absolute Gasteiger partial charge is 0.338 e. The number of ketones is 1. The molecule has 6 heteroatoms. The first-order valence-corrected chi connectivity index (χ1v) is 8.53. The lowest BCUT2D eigenvalue weighted by molar-refractivity contribution is 0.0526. The third kappa shape index (κ3) is 4.40. The van der Waals surface area contributed by atoms with Gasteiger partial charge in [0.25, 0.3) is 0 Å². The molecule has 0 fully saturated rings. The second-order valence-electron chi connectivity index (χ2n) is 5.83. The molecule has 0 saturated heterocycles. The van der Waals surface area contributed by atoms with Crippen LogP contribution in [0.1, 0.15) is 33.4 Å². The molecule has 0 atom stereocenters. The number of carbonyl (C=O) groups is 2. The Bertz CT molecular complexity index is 1030. The molecule has 4 nitrogen and oxygen atoms in total. The van der Waals surface area contributed by atoms with Crippen LogP contribution in [0, 0.1) is 11.6 Å². The summed E-state index contributed by atoms with van der Waals surface area (Å²) in [4.78, 5) is 23.7. The Morgan fingerprint density at radius 1 is 0.964 bits per heavy atom. The van der Waals surface area contributed by atoms with Crippen LogP contribution in [0.3, 0.4) is 0 Å². The molecular formula is C22H16F2O4. The summed E-state index contributed by atoms with van der Waals surface area (Å²) in [6.45, 7) is 2.04. The van der Waals surface area contributed by atoms with Gasteiger partial charge in [0.05, 0.1) is 12.2 Å². The molecule has 0 bridgehead atoms. The number of hydrogen-bond donors (Lipinski definition) is 0. The summed E-state index contributed by atoms with van der Waals surface area (Å²) >= 11 is 0. The third-order valence-electron chi connectivity index (χ3n) is 3.91. The van der Waals surface area contributed by atoms with Gasteiger partial charge in [-0.3, -0.25) is 4.79 Å². The highest BCUT2D eigenvalue weighted by atomic mass is 19.2. The molecule has 0 saturated carbocycles. The zero-order chi connectivity index (χ0) is 20.1. The Morgan fingerprint density at radius 3 is 2.36 bits per heavy atom. The van der Waals surface area contributed by atoms with Gasteiger partial charge in [-0.15, -0.1) is 0 Å². The van der Waals surface area contributed by atoms with E-state index < -0.39 is 23.4 Å². The summed E-state index contributed by atoms with van der Waals surface area (Å²) in [7, 11) is 0. The Balaban J connectivity index is 1.71. The van der Waals surface area contributed by atoms with Crippen molar-refractivity contribution in [2.24, 2.45) is 0 Å². The Hall–Kier alpha value is -3.54. The van der Waals surface area contributed by atoms with Crippen LogP contribution >= 0.6 is 0 Å². The maximum absolute atomic E-state index is 13.2. The highest BCUT2D eigenvalue weighted by molar-refractivity contribution is 6.06. The first kappa shape index (κ1) is 19.2. The molecule has 2 aromatic carbocycles. The fourth-order valence-electron chi connectivity index (χ4n) is 2.49. The SMILES string of the molecule is CCOC(=O)c1ccc(-c2ccc(C=CC(=O)c3ccc(F)c(F)c3)o2)cc1. The lowest BCUT2D eigenvalue weighted by atomic mass is 10.1. The summed E-state index contributed by atoms with van der Waals surface area (Å²) in [6, 6.07) is 13.1. The number of hydrogen-bond acceptors (Lipinski definition) is 4. The van der Waals surface area contributed by atoms with Gasteiger partial charge in [0.15, 0.2) is 17.4 Å². The summed E-state index contributed by atoms with van der Waals surface area (Å²) in [5.41, 5.74) is 1.23. The zero-order valence-corrected chi connectivity index (χ0v) is 14.9. The average molecular weight is 382 g/mol. The van der Waals surface area contributed by atoms with Gasteiger partial charge in [-0.05, 0) is 61.5 Å². The van der Waals surface area contributed by atoms with E-state index in [1.807, 2.05) is 0 Å². The molecule has 0 spiro atoms. The molecule has 3 aromatic rings.